The SMILES string of the molecule is Cc1sc(CNCC(=O)NC2CC2)cc1Br. The summed E-state index contributed by atoms with van der Waals surface area (Å²) in [6.07, 6.45) is 2.28. The molecule has 1 aliphatic rings. The predicted molar refractivity (Wildman–Crippen MR) is 69.6 cm³/mol. The maximum atomic E-state index is 11.4. The molecule has 1 amide bonds. The fraction of sp³-hybridized carbons (Fsp3) is 0.545. The van der Waals surface area contributed by atoms with Crippen LogP contribution in [0.15, 0.2) is 10.5 Å². The molecule has 0 aliphatic heterocycles. The molecule has 1 heterocycles. The summed E-state index contributed by atoms with van der Waals surface area (Å²) in [6.45, 7) is 3.25. The Labute approximate surface area is 108 Å². The van der Waals surface area contributed by atoms with Crippen LogP contribution in [0.5, 0.6) is 0 Å². The fourth-order valence-corrected chi connectivity index (χ4v) is 2.98. The minimum Gasteiger partial charge on any atom is -0.352 e. The highest BCUT2D eigenvalue weighted by atomic mass is 79.9. The molecule has 0 radical (unpaired) electrons. The van der Waals surface area contributed by atoms with Crippen molar-refractivity contribution in [3.8, 4) is 0 Å². The zero-order valence-corrected chi connectivity index (χ0v) is 11.6. The van der Waals surface area contributed by atoms with E-state index in [9.17, 15) is 4.79 Å². The van der Waals surface area contributed by atoms with Gasteiger partial charge in [-0.3, -0.25) is 4.79 Å². The minimum atomic E-state index is 0.106. The van der Waals surface area contributed by atoms with Gasteiger partial charge in [-0.15, -0.1) is 11.3 Å². The van der Waals surface area contributed by atoms with Gasteiger partial charge in [0, 0.05) is 26.8 Å². The van der Waals surface area contributed by atoms with Crippen LogP contribution in [0.2, 0.25) is 0 Å². The molecule has 1 aromatic rings. The first-order chi connectivity index (χ1) is 7.65. The van der Waals surface area contributed by atoms with Gasteiger partial charge in [-0.05, 0) is 41.8 Å². The summed E-state index contributed by atoms with van der Waals surface area (Å²) in [6, 6.07) is 2.55. The molecule has 1 aliphatic carbocycles. The number of carbonyl (C=O) groups excluding carboxylic acids is 1. The second-order valence-electron chi connectivity index (χ2n) is 4.06. The maximum Gasteiger partial charge on any atom is 0.234 e. The van der Waals surface area contributed by atoms with Gasteiger partial charge in [-0.2, -0.15) is 0 Å². The second kappa shape index (κ2) is 5.29. The van der Waals surface area contributed by atoms with Crippen molar-refractivity contribution in [3.63, 3.8) is 0 Å². The van der Waals surface area contributed by atoms with Crippen molar-refractivity contribution in [2.75, 3.05) is 6.54 Å². The molecule has 2 rings (SSSR count). The summed E-state index contributed by atoms with van der Waals surface area (Å²) in [5.74, 6) is 0.106. The van der Waals surface area contributed by atoms with E-state index >= 15 is 0 Å². The number of hydrogen-bond acceptors (Lipinski definition) is 3. The lowest BCUT2D eigenvalue weighted by atomic mass is 10.4. The van der Waals surface area contributed by atoms with E-state index in [1.165, 1.54) is 9.75 Å². The Bertz CT molecular complexity index is 368. The molecule has 0 spiro atoms. The molecular formula is C11H15BrN2OS. The largest absolute Gasteiger partial charge is 0.352 e. The van der Waals surface area contributed by atoms with E-state index in [1.54, 1.807) is 11.3 Å². The molecule has 0 atom stereocenters. The van der Waals surface area contributed by atoms with Crippen LogP contribution in [0.3, 0.4) is 0 Å². The molecule has 0 bridgehead atoms. The summed E-state index contributed by atoms with van der Waals surface area (Å²) >= 11 is 5.23. The lowest BCUT2D eigenvalue weighted by molar-refractivity contribution is -0.120. The predicted octanol–water partition coefficient (Wildman–Crippen LogP) is 2.19. The summed E-state index contributed by atoms with van der Waals surface area (Å²) in [4.78, 5) is 13.9. The van der Waals surface area contributed by atoms with Crippen LogP contribution in [-0.2, 0) is 11.3 Å². The number of halogens is 1. The number of carbonyl (C=O) groups is 1. The Kier molecular flexibility index (Phi) is 4.00. The van der Waals surface area contributed by atoms with Crippen LogP contribution in [0.4, 0.5) is 0 Å². The number of aryl methyl sites for hydroxylation is 1. The van der Waals surface area contributed by atoms with Gasteiger partial charge in [0.25, 0.3) is 0 Å². The van der Waals surface area contributed by atoms with Crippen LogP contribution < -0.4 is 10.6 Å². The third-order valence-electron chi connectivity index (χ3n) is 2.44. The van der Waals surface area contributed by atoms with Gasteiger partial charge in [-0.1, -0.05) is 0 Å². The summed E-state index contributed by atoms with van der Waals surface area (Å²) in [5.41, 5.74) is 0. The Hall–Kier alpha value is -0.390. The normalized spacial score (nSPS) is 15.1. The highest BCUT2D eigenvalue weighted by Crippen LogP contribution is 2.26. The molecule has 1 fully saturated rings. The van der Waals surface area contributed by atoms with E-state index in [-0.39, 0.29) is 5.91 Å². The van der Waals surface area contributed by atoms with Crippen LogP contribution >= 0.6 is 27.3 Å². The molecule has 1 aromatic heterocycles. The van der Waals surface area contributed by atoms with E-state index in [4.69, 9.17) is 0 Å². The Morgan fingerprint density at radius 1 is 1.62 bits per heavy atom. The van der Waals surface area contributed by atoms with Crippen LogP contribution in [0.25, 0.3) is 0 Å². The van der Waals surface area contributed by atoms with Crippen molar-refractivity contribution in [3.05, 3.63) is 20.3 Å². The van der Waals surface area contributed by atoms with Gasteiger partial charge in [0.2, 0.25) is 5.91 Å². The first kappa shape index (κ1) is 12.1. The van der Waals surface area contributed by atoms with Crippen LogP contribution in [-0.4, -0.2) is 18.5 Å². The molecule has 3 nitrogen and oxygen atoms in total. The van der Waals surface area contributed by atoms with Gasteiger partial charge in [0.1, 0.15) is 0 Å². The lowest BCUT2D eigenvalue weighted by Crippen LogP contribution is -2.34. The van der Waals surface area contributed by atoms with Crippen molar-refractivity contribution in [2.24, 2.45) is 0 Å². The molecule has 0 unspecified atom stereocenters. The summed E-state index contributed by atoms with van der Waals surface area (Å²) in [5, 5.41) is 6.10. The molecule has 2 N–H and O–H groups in total. The maximum absolute atomic E-state index is 11.4. The van der Waals surface area contributed by atoms with Crippen LogP contribution in [0.1, 0.15) is 22.6 Å². The van der Waals surface area contributed by atoms with Crippen molar-refractivity contribution in [2.45, 2.75) is 32.4 Å². The smallest absolute Gasteiger partial charge is 0.234 e. The van der Waals surface area contributed by atoms with E-state index < -0.39 is 0 Å². The first-order valence-corrected chi connectivity index (χ1v) is 7.01. The van der Waals surface area contributed by atoms with Crippen molar-refractivity contribution in [1.82, 2.24) is 10.6 Å². The molecule has 0 aromatic carbocycles. The Morgan fingerprint density at radius 2 is 2.38 bits per heavy atom. The highest BCUT2D eigenvalue weighted by Gasteiger charge is 2.22. The molecule has 16 heavy (non-hydrogen) atoms. The number of hydrogen-bond donors (Lipinski definition) is 2. The highest BCUT2D eigenvalue weighted by molar-refractivity contribution is 9.10. The van der Waals surface area contributed by atoms with E-state index in [0.29, 0.717) is 12.6 Å². The Morgan fingerprint density at radius 3 is 2.94 bits per heavy atom. The van der Waals surface area contributed by atoms with Crippen LogP contribution in [0, 0.1) is 6.92 Å². The first-order valence-electron chi connectivity index (χ1n) is 5.40. The third kappa shape index (κ3) is 3.57. The monoisotopic (exact) mass is 302 g/mol. The number of nitrogens with one attached hydrogen (secondary N) is 2. The molecule has 0 saturated heterocycles. The molecular weight excluding hydrogens is 288 g/mol. The topological polar surface area (TPSA) is 41.1 Å². The van der Waals surface area contributed by atoms with Gasteiger partial charge in [-0.25, -0.2) is 0 Å². The molecule has 5 heteroatoms. The van der Waals surface area contributed by atoms with Gasteiger partial charge < -0.3 is 10.6 Å². The number of thiophene rings is 1. The van der Waals surface area contributed by atoms with E-state index in [0.717, 1.165) is 23.9 Å². The number of amides is 1. The lowest BCUT2D eigenvalue weighted by Gasteiger charge is -2.03. The van der Waals surface area contributed by atoms with Gasteiger partial charge in [0.15, 0.2) is 0 Å². The second-order valence-corrected chi connectivity index (χ2v) is 6.26. The minimum absolute atomic E-state index is 0.106. The summed E-state index contributed by atoms with van der Waals surface area (Å²) < 4.78 is 1.15. The zero-order valence-electron chi connectivity index (χ0n) is 9.18. The molecule has 1 saturated carbocycles. The van der Waals surface area contributed by atoms with Crippen molar-refractivity contribution in [1.29, 1.82) is 0 Å². The fourth-order valence-electron chi connectivity index (χ4n) is 1.41. The quantitative estimate of drug-likeness (QED) is 0.875. The van der Waals surface area contributed by atoms with E-state index in [1.807, 2.05) is 0 Å². The standard InChI is InChI=1S/C11H15BrN2OS/c1-7-10(12)4-9(16-7)5-13-6-11(15)14-8-2-3-8/h4,8,13H,2-3,5-6H2,1H3,(H,14,15). The van der Waals surface area contributed by atoms with Gasteiger partial charge >= 0.3 is 0 Å². The average molecular weight is 303 g/mol. The third-order valence-corrected chi connectivity index (χ3v) is 4.57. The Balaban J connectivity index is 1.68. The molecule has 88 valence electrons. The van der Waals surface area contributed by atoms with Crippen molar-refractivity contribution >= 4 is 33.2 Å². The zero-order chi connectivity index (χ0) is 11.5. The summed E-state index contributed by atoms with van der Waals surface area (Å²) in [7, 11) is 0. The number of rotatable bonds is 5. The van der Waals surface area contributed by atoms with Crippen molar-refractivity contribution < 1.29 is 4.79 Å². The van der Waals surface area contributed by atoms with Gasteiger partial charge in [0.05, 0.1) is 6.54 Å². The van der Waals surface area contributed by atoms with E-state index in [2.05, 4.69) is 39.6 Å². The average Bonchev–Trinajstić information content (AvgIpc) is 2.95.